The first kappa shape index (κ1) is 18.3. The van der Waals surface area contributed by atoms with E-state index in [9.17, 15) is 0 Å². The second-order valence-electron chi connectivity index (χ2n) is 3.55. The second kappa shape index (κ2) is 12.3. The van der Waals surface area contributed by atoms with Gasteiger partial charge in [-0.15, -0.1) is 0 Å². The van der Waals surface area contributed by atoms with Crippen LogP contribution in [-0.2, 0) is 14.2 Å². The molecule has 0 bridgehead atoms. The van der Waals surface area contributed by atoms with E-state index in [0.717, 1.165) is 0 Å². The molecule has 0 unspecified atom stereocenters. The molecule has 7 heteroatoms. The molecule has 0 atom stereocenters. The Bertz CT molecular complexity index is 145. The summed E-state index contributed by atoms with van der Waals surface area (Å²) in [4.78, 5) is 0. The largest absolute Gasteiger partial charge is 0.379 e. The zero-order valence-electron chi connectivity index (χ0n) is 9.88. The molecule has 0 aromatic carbocycles. The minimum Gasteiger partial charge on any atom is -0.379 e. The smallest absolute Gasteiger partial charge is 0.0828 e. The molecule has 0 aromatic rings. The summed E-state index contributed by atoms with van der Waals surface area (Å²) in [5.41, 5.74) is 0. The van der Waals surface area contributed by atoms with E-state index >= 15 is 0 Å². The van der Waals surface area contributed by atoms with E-state index in [-0.39, 0.29) is 0 Å². The molecule has 0 aliphatic carbocycles. The molecule has 104 valence electrons. The van der Waals surface area contributed by atoms with Gasteiger partial charge in [-0.1, -0.05) is 0 Å². The first-order valence-electron chi connectivity index (χ1n) is 5.47. The topological polar surface area (TPSA) is 27.7 Å². The van der Waals surface area contributed by atoms with Crippen molar-refractivity contribution in [2.45, 2.75) is 4.75 Å². The van der Waals surface area contributed by atoms with Crippen LogP contribution >= 0.6 is 50.5 Å². The van der Waals surface area contributed by atoms with Crippen LogP contribution in [0, 0.1) is 0 Å². The van der Waals surface area contributed by atoms with Gasteiger partial charge >= 0.3 is 0 Å². The lowest BCUT2D eigenvalue weighted by molar-refractivity contribution is 0.0221. The van der Waals surface area contributed by atoms with Crippen LogP contribution in [-0.4, -0.2) is 61.6 Å². The average molecular weight is 319 g/mol. The first-order valence-corrected chi connectivity index (χ1v) is 7.81. The third-order valence-corrected chi connectivity index (χ3v) is 2.75. The molecule has 0 fully saturated rings. The van der Waals surface area contributed by atoms with Gasteiger partial charge in [0, 0.05) is 17.3 Å². The summed E-state index contributed by atoms with van der Waals surface area (Å²) in [5.74, 6) is 2.08. The Balaban J connectivity index is 3.95. The minimum atomic E-state index is -0.422. The Morgan fingerprint density at radius 3 is 1.18 bits per heavy atom. The van der Waals surface area contributed by atoms with Gasteiger partial charge < -0.3 is 14.2 Å². The number of hydrogen-bond donors (Lipinski definition) is 4. The Morgan fingerprint density at radius 1 is 0.647 bits per heavy atom. The van der Waals surface area contributed by atoms with Crippen LogP contribution in [0.4, 0.5) is 0 Å². The number of hydrogen-bond acceptors (Lipinski definition) is 7. The van der Waals surface area contributed by atoms with E-state index in [4.69, 9.17) is 14.2 Å². The second-order valence-corrected chi connectivity index (χ2v) is 5.84. The van der Waals surface area contributed by atoms with E-state index in [2.05, 4.69) is 50.5 Å². The highest BCUT2D eigenvalue weighted by Gasteiger charge is 2.26. The highest BCUT2D eigenvalue weighted by atomic mass is 32.1. The maximum absolute atomic E-state index is 5.46. The zero-order chi connectivity index (χ0) is 13.0. The lowest BCUT2D eigenvalue weighted by Crippen LogP contribution is -2.39. The van der Waals surface area contributed by atoms with Gasteiger partial charge in [0.05, 0.1) is 44.4 Å². The fraction of sp³-hybridized carbons (Fsp3) is 1.00. The fourth-order valence-electron chi connectivity index (χ4n) is 1.11. The molecule has 17 heavy (non-hydrogen) atoms. The quantitative estimate of drug-likeness (QED) is 0.324. The number of thiol groups is 4. The molecule has 0 saturated carbocycles. The Morgan fingerprint density at radius 2 is 0.941 bits per heavy atom. The van der Waals surface area contributed by atoms with Gasteiger partial charge in [0.25, 0.3) is 0 Å². The maximum Gasteiger partial charge on any atom is 0.0828 e. The number of rotatable bonds is 12. The molecular formula is C10H22O3S4. The lowest BCUT2D eigenvalue weighted by atomic mass is 10.2. The molecule has 0 amide bonds. The summed E-state index contributed by atoms with van der Waals surface area (Å²) >= 11 is 16.9. The summed E-state index contributed by atoms with van der Waals surface area (Å²) in [5, 5.41) is 0. The van der Waals surface area contributed by atoms with E-state index < -0.39 is 4.75 Å². The summed E-state index contributed by atoms with van der Waals surface area (Å²) < 4.78 is 16.0. The van der Waals surface area contributed by atoms with Crippen molar-refractivity contribution >= 4 is 50.5 Å². The minimum absolute atomic E-state index is 0.422. The third-order valence-electron chi connectivity index (χ3n) is 1.82. The molecule has 0 radical (unpaired) electrons. The molecule has 0 aromatic heterocycles. The molecule has 0 aliphatic heterocycles. The van der Waals surface area contributed by atoms with Crippen LogP contribution in [0.3, 0.4) is 0 Å². The van der Waals surface area contributed by atoms with Crippen molar-refractivity contribution in [3.63, 3.8) is 0 Å². The summed E-state index contributed by atoms with van der Waals surface area (Å²) in [6, 6.07) is 0. The van der Waals surface area contributed by atoms with Gasteiger partial charge in [-0.05, 0) is 0 Å². The summed E-state index contributed by atoms with van der Waals surface area (Å²) in [6.07, 6.45) is 0. The van der Waals surface area contributed by atoms with E-state index in [1.807, 2.05) is 0 Å². The van der Waals surface area contributed by atoms with Crippen molar-refractivity contribution in [2.75, 3.05) is 56.9 Å². The summed E-state index contributed by atoms with van der Waals surface area (Å²) in [7, 11) is 0. The monoisotopic (exact) mass is 318 g/mol. The average Bonchev–Trinajstić information content (AvgIpc) is 2.30. The normalized spacial score (nSPS) is 12.0. The molecular weight excluding hydrogens is 296 g/mol. The molecule has 0 aliphatic rings. The zero-order valence-corrected chi connectivity index (χ0v) is 13.5. The molecule has 0 saturated heterocycles. The Kier molecular flexibility index (Phi) is 13.2. The van der Waals surface area contributed by atoms with Crippen molar-refractivity contribution in [3.8, 4) is 0 Å². The van der Waals surface area contributed by atoms with Gasteiger partial charge in [-0.25, -0.2) is 0 Å². The van der Waals surface area contributed by atoms with Crippen LogP contribution in [0.15, 0.2) is 0 Å². The Labute approximate surface area is 126 Å². The van der Waals surface area contributed by atoms with Crippen LogP contribution in [0.25, 0.3) is 0 Å². The Hall–Kier alpha value is 1.28. The highest BCUT2D eigenvalue weighted by Crippen LogP contribution is 2.17. The fourth-order valence-corrected chi connectivity index (χ4v) is 1.77. The summed E-state index contributed by atoms with van der Waals surface area (Å²) in [6.45, 7) is 3.25. The van der Waals surface area contributed by atoms with Crippen molar-refractivity contribution in [3.05, 3.63) is 0 Å². The standard InChI is InChI=1S/C10H22O3S4/c14-4-1-11-7-10(17,8-12-2-5-15)9-13-3-6-16/h14-17H,1-9H2. The molecule has 0 heterocycles. The molecule has 0 spiro atoms. The van der Waals surface area contributed by atoms with Gasteiger partial charge in [0.1, 0.15) is 0 Å². The van der Waals surface area contributed by atoms with Gasteiger partial charge in [0.2, 0.25) is 0 Å². The highest BCUT2D eigenvalue weighted by molar-refractivity contribution is 7.82. The first-order chi connectivity index (χ1) is 8.18. The van der Waals surface area contributed by atoms with Crippen molar-refractivity contribution < 1.29 is 14.2 Å². The van der Waals surface area contributed by atoms with Crippen molar-refractivity contribution in [1.82, 2.24) is 0 Å². The SMILES string of the molecule is SCCOCC(S)(COCCS)COCCS. The predicted molar refractivity (Wildman–Crippen MR) is 85.7 cm³/mol. The van der Waals surface area contributed by atoms with Crippen LogP contribution < -0.4 is 0 Å². The van der Waals surface area contributed by atoms with Gasteiger partial charge in [0.15, 0.2) is 0 Å². The molecule has 3 nitrogen and oxygen atoms in total. The van der Waals surface area contributed by atoms with Gasteiger partial charge in [-0.3, -0.25) is 0 Å². The predicted octanol–water partition coefficient (Wildman–Crippen LogP) is 1.49. The van der Waals surface area contributed by atoms with E-state index in [1.165, 1.54) is 0 Å². The third kappa shape index (κ3) is 10.9. The van der Waals surface area contributed by atoms with E-state index in [0.29, 0.717) is 56.9 Å². The van der Waals surface area contributed by atoms with Crippen LogP contribution in [0.2, 0.25) is 0 Å². The van der Waals surface area contributed by atoms with E-state index in [1.54, 1.807) is 0 Å². The van der Waals surface area contributed by atoms with Gasteiger partial charge in [-0.2, -0.15) is 50.5 Å². The number of ether oxygens (including phenoxy) is 3. The van der Waals surface area contributed by atoms with Crippen LogP contribution in [0.5, 0.6) is 0 Å². The molecule has 0 N–H and O–H groups in total. The molecule has 0 rings (SSSR count). The van der Waals surface area contributed by atoms with Crippen molar-refractivity contribution in [1.29, 1.82) is 0 Å². The maximum atomic E-state index is 5.46. The van der Waals surface area contributed by atoms with Crippen molar-refractivity contribution in [2.24, 2.45) is 0 Å². The lowest BCUT2D eigenvalue weighted by Gasteiger charge is -2.27. The van der Waals surface area contributed by atoms with Crippen LogP contribution in [0.1, 0.15) is 0 Å².